The highest BCUT2D eigenvalue weighted by Crippen LogP contribution is 2.23. The normalized spacial score (nSPS) is 24.7. The third-order valence-corrected chi connectivity index (χ3v) is 4.47. The Balaban J connectivity index is 1.64. The van der Waals surface area contributed by atoms with Gasteiger partial charge >= 0.3 is 6.09 Å². The van der Waals surface area contributed by atoms with Gasteiger partial charge in [-0.1, -0.05) is 31.0 Å². The van der Waals surface area contributed by atoms with E-state index in [0.29, 0.717) is 5.75 Å². The van der Waals surface area contributed by atoms with Gasteiger partial charge in [-0.2, -0.15) is 0 Å². The van der Waals surface area contributed by atoms with E-state index in [9.17, 15) is 14.7 Å². The third-order valence-electron chi connectivity index (χ3n) is 4.47. The highest BCUT2D eigenvalue weighted by Gasteiger charge is 2.40. The lowest BCUT2D eigenvalue weighted by molar-refractivity contribution is -0.125. The molecule has 1 aliphatic carbocycles. The molecule has 2 unspecified atom stereocenters. The van der Waals surface area contributed by atoms with Gasteiger partial charge in [0.25, 0.3) is 0 Å². The second kappa shape index (κ2) is 7.00. The molecule has 0 spiro atoms. The number of para-hydroxylation sites is 1. The number of nitrogens with one attached hydrogen (secondary N) is 1. The van der Waals surface area contributed by atoms with Crippen LogP contribution >= 0.6 is 0 Å². The summed E-state index contributed by atoms with van der Waals surface area (Å²) in [5.74, 6) is 0.229. The Bertz CT molecular complexity index is 557. The van der Waals surface area contributed by atoms with Crippen LogP contribution in [0.15, 0.2) is 30.3 Å². The number of aliphatic hydroxyl groups excluding tert-OH is 1. The van der Waals surface area contributed by atoms with Gasteiger partial charge in [0.05, 0.1) is 12.6 Å². The molecule has 23 heavy (non-hydrogen) atoms. The molecule has 0 radical (unpaired) electrons. The summed E-state index contributed by atoms with van der Waals surface area (Å²) in [7, 11) is 0. The van der Waals surface area contributed by atoms with E-state index in [-0.39, 0.29) is 24.9 Å². The van der Waals surface area contributed by atoms with Gasteiger partial charge in [0, 0.05) is 12.5 Å². The Morgan fingerprint density at radius 2 is 1.87 bits per heavy atom. The smallest absolute Gasteiger partial charge is 0.410 e. The van der Waals surface area contributed by atoms with Crippen molar-refractivity contribution in [2.45, 2.75) is 50.3 Å². The van der Waals surface area contributed by atoms with Gasteiger partial charge in [0.2, 0.25) is 5.91 Å². The van der Waals surface area contributed by atoms with Crippen LogP contribution in [0.1, 0.15) is 32.1 Å². The minimum Gasteiger partial charge on any atom is -0.410 e. The quantitative estimate of drug-likeness (QED) is 0.889. The van der Waals surface area contributed by atoms with Crippen molar-refractivity contribution < 1.29 is 19.4 Å². The molecular weight excluding hydrogens is 296 g/mol. The number of hydrogen-bond donors (Lipinski definition) is 2. The summed E-state index contributed by atoms with van der Waals surface area (Å²) >= 11 is 0. The zero-order valence-electron chi connectivity index (χ0n) is 13.0. The molecule has 1 aromatic rings. The fourth-order valence-corrected chi connectivity index (χ4v) is 3.28. The molecule has 1 aliphatic heterocycles. The minimum absolute atomic E-state index is 0.119. The zero-order valence-corrected chi connectivity index (χ0v) is 13.0. The van der Waals surface area contributed by atoms with E-state index in [0.717, 1.165) is 25.7 Å². The molecule has 2 fully saturated rings. The van der Waals surface area contributed by atoms with Gasteiger partial charge < -0.3 is 15.2 Å². The van der Waals surface area contributed by atoms with Gasteiger partial charge in [-0.15, -0.1) is 0 Å². The van der Waals surface area contributed by atoms with Crippen molar-refractivity contribution in [3.63, 3.8) is 0 Å². The highest BCUT2D eigenvalue weighted by atomic mass is 16.6. The van der Waals surface area contributed by atoms with E-state index in [1.165, 1.54) is 4.90 Å². The van der Waals surface area contributed by atoms with Crippen LogP contribution in [-0.4, -0.2) is 46.7 Å². The van der Waals surface area contributed by atoms with Gasteiger partial charge in [0.1, 0.15) is 11.8 Å². The lowest BCUT2D eigenvalue weighted by Crippen LogP contribution is -2.49. The Kier molecular flexibility index (Phi) is 4.81. The van der Waals surface area contributed by atoms with Crippen LogP contribution in [-0.2, 0) is 4.79 Å². The largest absolute Gasteiger partial charge is 0.416 e. The first-order valence-electron chi connectivity index (χ1n) is 8.15. The average Bonchev–Trinajstić information content (AvgIpc) is 3.17. The monoisotopic (exact) mass is 318 g/mol. The van der Waals surface area contributed by atoms with Crippen LogP contribution < -0.4 is 10.1 Å². The van der Waals surface area contributed by atoms with E-state index in [2.05, 4.69) is 5.32 Å². The third kappa shape index (κ3) is 3.82. The first-order valence-corrected chi connectivity index (χ1v) is 8.15. The van der Waals surface area contributed by atoms with Crippen LogP contribution in [0.25, 0.3) is 0 Å². The number of carbonyl (C=O) groups is 2. The summed E-state index contributed by atoms with van der Waals surface area (Å²) in [4.78, 5) is 26.1. The fourth-order valence-electron chi connectivity index (χ4n) is 3.28. The summed E-state index contributed by atoms with van der Waals surface area (Å²) in [6, 6.07) is 8.25. The summed E-state index contributed by atoms with van der Waals surface area (Å²) in [5.41, 5.74) is 0. The number of rotatable bonds is 3. The van der Waals surface area contributed by atoms with E-state index in [4.69, 9.17) is 4.74 Å². The maximum atomic E-state index is 12.4. The van der Waals surface area contributed by atoms with Crippen molar-refractivity contribution in [3.05, 3.63) is 30.3 Å². The van der Waals surface area contributed by atoms with E-state index >= 15 is 0 Å². The first-order chi connectivity index (χ1) is 11.1. The summed E-state index contributed by atoms with van der Waals surface area (Å²) < 4.78 is 5.29. The molecule has 3 rings (SSSR count). The Morgan fingerprint density at radius 1 is 1.17 bits per heavy atom. The van der Waals surface area contributed by atoms with E-state index in [1.54, 1.807) is 24.3 Å². The summed E-state index contributed by atoms with van der Waals surface area (Å²) in [6.45, 7) is 0.119. The molecule has 6 heteroatoms. The van der Waals surface area contributed by atoms with E-state index in [1.807, 2.05) is 6.07 Å². The number of benzene rings is 1. The second-order valence-electron chi connectivity index (χ2n) is 6.23. The lowest BCUT2D eigenvalue weighted by atomic mass is 10.1. The molecule has 1 saturated carbocycles. The number of aliphatic hydroxyl groups is 1. The summed E-state index contributed by atoms with van der Waals surface area (Å²) in [5, 5.41) is 12.9. The highest BCUT2D eigenvalue weighted by molar-refractivity contribution is 5.87. The SMILES string of the molecule is O=C(NC1CCCC1)C1CC(O)CN1C(=O)Oc1ccccc1. The molecule has 0 aromatic heterocycles. The molecule has 2 amide bonds. The summed E-state index contributed by atoms with van der Waals surface area (Å²) in [6.07, 6.45) is 3.17. The molecule has 1 heterocycles. The van der Waals surface area contributed by atoms with Crippen LogP contribution in [0.4, 0.5) is 4.79 Å². The average molecular weight is 318 g/mol. The van der Waals surface area contributed by atoms with Crippen molar-refractivity contribution >= 4 is 12.0 Å². The second-order valence-corrected chi connectivity index (χ2v) is 6.23. The van der Waals surface area contributed by atoms with Crippen molar-refractivity contribution in [2.75, 3.05) is 6.54 Å². The lowest BCUT2D eigenvalue weighted by Gasteiger charge is -2.24. The van der Waals surface area contributed by atoms with Crippen LogP contribution in [0.3, 0.4) is 0 Å². The number of hydrogen-bond acceptors (Lipinski definition) is 4. The number of β-amino-alcohol motifs (C(OH)–C–C–N with tert-alkyl or cyclic N) is 1. The molecule has 2 aliphatic rings. The topological polar surface area (TPSA) is 78.9 Å². The molecular formula is C17H22N2O4. The predicted molar refractivity (Wildman–Crippen MR) is 84.0 cm³/mol. The van der Waals surface area contributed by atoms with Crippen molar-refractivity contribution in [1.29, 1.82) is 0 Å². The molecule has 6 nitrogen and oxygen atoms in total. The number of nitrogens with zero attached hydrogens (tertiary/aromatic N) is 1. The van der Waals surface area contributed by atoms with Gasteiger partial charge in [0.15, 0.2) is 0 Å². The minimum atomic E-state index is -0.697. The Hall–Kier alpha value is -2.08. The Morgan fingerprint density at radius 3 is 2.57 bits per heavy atom. The van der Waals surface area contributed by atoms with Crippen molar-refractivity contribution in [2.24, 2.45) is 0 Å². The van der Waals surface area contributed by atoms with Gasteiger partial charge in [-0.05, 0) is 25.0 Å². The number of amides is 2. The molecule has 1 aromatic carbocycles. The van der Waals surface area contributed by atoms with Crippen LogP contribution in [0.5, 0.6) is 5.75 Å². The van der Waals surface area contributed by atoms with Gasteiger partial charge in [-0.25, -0.2) is 4.79 Å². The number of carbonyl (C=O) groups excluding carboxylic acids is 2. The van der Waals surface area contributed by atoms with E-state index < -0.39 is 18.2 Å². The van der Waals surface area contributed by atoms with Crippen LogP contribution in [0, 0.1) is 0 Å². The predicted octanol–water partition coefficient (Wildman–Crippen LogP) is 1.68. The maximum absolute atomic E-state index is 12.4. The molecule has 2 N–H and O–H groups in total. The number of likely N-dealkylation sites (tertiary alicyclic amines) is 1. The molecule has 2 atom stereocenters. The van der Waals surface area contributed by atoms with Crippen molar-refractivity contribution in [1.82, 2.24) is 10.2 Å². The standard InChI is InChI=1S/C17H22N2O4/c20-13-10-15(16(21)18-12-6-4-5-7-12)19(11-13)17(22)23-14-8-2-1-3-9-14/h1-3,8-9,12-13,15,20H,4-7,10-11H2,(H,18,21). The van der Waals surface area contributed by atoms with Crippen molar-refractivity contribution in [3.8, 4) is 5.75 Å². The van der Waals surface area contributed by atoms with Crippen LogP contribution in [0.2, 0.25) is 0 Å². The first kappa shape index (κ1) is 15.8. The number of ether oxygens (including phenoxy) is 1. The molecule has 0 bridgehead atoms. The van der Waals surface area contributed by atoms with Gasteiger partial charge in [-0.3, -0.25) is 9.69 Å². The Labute approximate surface area is 135 Å². The maximum Gasteiger partial charge on any atom is 0.416 e. The molecule has 1 saturated heterocycles. The fraction of sp³-hybridized carbons (Fsp3) is 0.529. The zero-order chi connectivity index (χ0) is 16.2. The molecule has 124 valence electrons.